The van der Waals surface area contributed by atoms with Gasteiger partial charge in [-0.15, -0.1) is 23.4 Å². The van der Waals surface area contributed by atoms with Gasteiger partial charge in [-0.2, -0.15) is 0 Å². The second kappa shape index (κ2) is 14.3. The first-order valence-electron chi connectivity index (χ1n) is 7.56. The average molecular weight is 301 g/mol. The van der Waals surface area contributed by atoms with Gasteiger partial charge in [-0.25, -0.2) is 0 Å². The fraction of sp³-hybridized carbons (Fsp3) is 0.647. The van der Waals surface area contributed by atoms with Crippen molar-refractivity contribution in [1.82, 2.24) is 0 Å². The van der Waals surface area contributed by atoms with E-state index >= 15 is 0 Å². The largest absolute Gasteiger partial charge is 0.126 e. The SMILES string of the molecule is CCCCCCC.CCCSc1ccc(CCl)cc1. The summed E-state index contributed by atoms with van der Waals surface area (Å²) in [5.74, 6) is 1.80. The molecule has 0 amide bonds. The van der Waals surface area contributed by atoms with Gasteiger partial charge in [0, 0.05) is 10.8 Å². The monoisotopic (exact) mass is 300 g/mol. The Labute approximate surface area is 129 Å². The molecule has 0 unspecified atom stereocenters. The zero-order valence-corrected chi connectivity index (χ0v) is 14.3. The Morgan fingerprint density at radius 2 is 1.42 bits per heavy atom. The van der Waals surface area contributed by atoms with E-state index in [0.29, 0.717) is 5.88 Å². The van der Waals surface area contributed by atoms with Gasteiger partial charge in [-0.1, -0.05) is 65.0 Å². The maximum atomic E-state index is 5.68. The van der Waals surface area contributed by atoms with Gasteiger partial charge < -0.3 is 0 Å². The normalized spacial score (nSPS) is 9.89. The van der Waals surface area contributed by atoms with Gasteiger partial charge in [0.05, 0.1) is 0 Å². The van der Waals surface area contributed by atoms with Crippen molar-refractivity contribution in [3.05, 3.63) is 29.8 Å². The van der Waals surface area contributed by atoms with Crippen molar-refractivity contribution in [3.8, 4) is 0 Å². The molecular formula is C17H29ClS. The average Bonchev–Trinajstić information content (AvgIpc) is 2.47. The van der Waals surface area contributed by atoms with Crippen molar-refractivity contribution < 1.29 is 0 Å². The van der Waals surface area contributed by atoms with Crippen LogP contribution in [0.15, 0.2) is 29.2 Å². The Bertz CT molecular complexity index is 278. The van der Waals surface area contributed by atoms with Gasteiger partial charge in [0.25, 0.3) is 0 Å². The van der Waals surface area contributed by atoms with E-state index < -0.39 is 0 Å². The quantitative estimate of drug-likeness (QED) is 0.286. The molecule has 0 N–H and O–H groups in total. The van der Waals surface area contributed by atoms with E-state index in [4.69, 9.17) is 11.6 Å². The number of benzene rings is 1. The second-order valence-corrected chi connectivity index (χ2v) is 6.12. The molecule has 0 fully saturated rings. The molecule has 0 aliphatic rings. The van der Waals surface area contributed by atoms with Crippen LogP contribution in [-0.2, 0) is 5.88 Å². The highest BCUT2D eigenvalue weighted by atomic mass is 35.5. The van der Waals surface area contributed by atoms with E-state index in [1.54, 1.807) is 0 Å². The van der Waals surface area contributed by atoms with Crippen molar-refractivity contribution in [2.45, 2.75) is 70.1 Å². The Morgan fingerprint density at radius 3 is 1.84 bits per heavy atom. The van der Waals surface area contributed by atoms with Crippen LogP contribution < -0.4 is 0 Å². The summed E-state index contributed by atoms with van der Waals surface area (Å²) in [7, 11) is 0. The number of halogens is 1. The molecule has 0 atom stereocenters. The summed E-state index contributed by atoms with van der Waals surface area (Å²) in [4.78, 5) is 1.34. The number of unbranched alkanes of at least 4 members (excludes halogenated alkanes) is 4. The zero-order valence-electron chi connectivity index (χ0n) is 12.8. The van der Waals surface area contributed by atoms with Crippen LogP contribution in [0.5, 0.6) is 0 Å². The summed E-state index contributed by atoms with van der Waals surface area (Å²) in [5, 5.41) is 0. The van der Waals surface area contributed by atoms with Crippen molar-refractivity contribution in [2.75, 3.05) is 5.75 Å². The van der Waals surface area contributed by atoms with Crippen molar-refractivity contribution in [3.63, 3.8) is 0 Å². The van der Waals surface area contributed by atoms with Gasteiger partial charge in [0.1, 0.15) is 0 Å². The molecule has 19 heavy (non-hydrogen) atoms. The first-order chi connectivity index (χ1) is 9.28. The smallest absolute Gasteiger partial charge is 0.0474 e. The van der Waals surface area contributed by atoms with E-state index in [0.717, 1.165) is 0 Å². The van der Waals surface area contributed by atoms with Gasteiger partial charge >= 0.3 is 0 Å². The highest BCUT2D eigenvalue weighted by Crippen LogP contribution is 2.19. The molecule has 0 aromatic heterocycles. The van der Waals surface area contributed by atoms with E-state index in [1.807, 2.05) is 11.8 Å². The fourth-order valence-corrected chi connectivity index (χ4v) is 2.52. The summed E-state index contributed by atoms with van der Waals surface area (Å²) in [5.41, 5.74) is 1.19. The van der Waals surface area contributed by atoms with E-state index in [1.165, 1.54) is 54.7 Å². The lowest BCUT2D eigenvalue weighted by Crippen LogP contribution is -1.78. The first-order valence-corrected chi connectivity index (χ1v) is 9.08. The third-order valence-corrected chi connectivity index (χ3v) is 4.28. The van der Waals surface area contributed by atoms with Crippen LogP contribution in [0.2, 0.25) is 0 Å². The Morgan fingerprint density at radius 1 is 0.842 bits per heavy atom. The van der Waals surface area contributed by atoms with Crippen LogP contribution in [0.25, 0.3) is 0 Å². The summed E-state index contributed by atoms with van der Waals surface area (Å²) in [6, 6.07) is 8.45. The molecular weight excluding hydrogens is 272 g/mol. The maximum absolute atomic E-state index is 5.68. The molecule has 0 saturated carbocycles. The molecule has 0 saturated heterocycles. The zero-order chi connectivity index (χ0) is 14.3. The lowest BCUT2D eigenvalue weighted by molar-refractivity contribution is 0.656. The van der Waals surface area contributed by atoms with Crippen LogP contribution in [0.3, 0.4) is 0 Å². The van der Waals surface area contributed by atoms with Crippen LogP contribution >= 0.6 is 23.4 Å². The number of thioether (sulfide) groups is 1. The summed E-state index contributed by atoms with van der Waals surface area (Å²) < 4.78 is 0. The minimum atomic E-state index is 0.610. The number of hydrogen-bond acceptors (Lipinski definition) is 1. The summed E-state index contributed by atoms with van der Waals surface area (Å²) >= 11 is 7.57. The van der Waals surface area contributed by atoms with Crippen LogP contribution in [0.1, 0.15) is 64.9 Å². The first kappa shape index (κ1) is 18.9. The second-order valence-electron chi connectivity index (χ2n) is 4.69. The fourth-order valence-electron chi connectivity index (χ4n) is 1.57. The molecule has 0 heterocycles. The molecule has 0 bridgehead atoms. The molecule has 110 valence electrons. The van der Waals surface area contributed by atoms with Gasteiger partial charge in [-0.05, 0) is 29.9 Å². The lowest BCUT2D eigenvalue weighted by atomic mass is 10.2. The molecule has 1 rings (SSSR count). The summed E-state index contributed by atoms with van der Waals surface area (Å²) in [6.45, 7) is 6.69. The standard InChI is InChI=1S/C10H13ClS.C7H16/c1-2-7-12-10-5-3-9(8-11)4-6-10;1-3-5-7-6-4-2/h3-6H,2,7-8H2,1H3;3-7H2,1-2H3. The molecule has 2 heteroatoms. The predicted octanol–water partition coefficient (Wildman–Crippen LogP) is 6.90. The summed E-state index contributed by atoms with van der Waals surface area (Å²) in [6.07, 6.45) is 8.23. The molecule has 1 aromatic rings. The maximum Gasteiger partial charge on any atom is 0.0474 e. The molecule has 0 radical (unpaired) electrons. The minimum absolute atomic E-state index is 0.610. The van der Waals surface area contributed by atoms with Crippen molar-refractivity contribution in [2.24, 2.45) is 0 Å². The molecule has 0 aliphatic carbocycles. The Hall–Kier alpha value is -0.140. The van der Waals surface area contributed by atoms with Crippen LogP contribution in [-0.4, -0.2) is 5.75 Å². The number of alkyl halides is 1. The van der Waals surface area contributed by atoms with E-state index in [9.17, 15) is 0 Å². The highest BCUT2D eigenvalue weighted by Gasteiger charge is 1.93. The third-order valence-electron chi connectivity index (χ3n) is 2.76. The minimum Gasteiger partial charge on any atom is -0.126 e. The number of hydrogen-bond donors (Lipinski definition) is 0. The highest BCUT2D eigenvalue weighted by molar-refractivity contribution is 7.99. The Balaban J connectivity index is 0.000000399. The molecule has 0 nitrogen and oxygen atoms in total. The van der Waals surface area contributed by atoms with Gasteiger partial charge in [0.2, 0.25) is 0 Å². The molecule has 0 spiro atoms. The molecule has 1 aromatic carbocycles. The van der Waals surface area contributed by atoms with Gasteiger partial charge in [0.15, 0.2) is 0 Å². The van der Waals surface area contributed by atoms with Crippen LogP contribution in [0.4, 0.5) is 0 Å². The molecule has 0 aliphatic heterocycles. The topological polar surface area (TPSA) is 0 Å². The van der Waals surface area contributed by atoms with Crippen molar-refractivity contribution in [1.29, 1.82) is 0 Å². The number of rotatable bonds is 8. The van der Waals surface area contributed by atoms with E-state index in [-0.39, 0.29) is 0 Å². The van der Waals surface area contributed by atoms with Crippen molar-refractivity contribution >= 4 is 23.4 Å². The predicted molar refractivity (Wildman–Crippen MR) is 91.4 cm³/mol. The van der Waals surface area contributed by atoms with Gasteiger partial charge in [-0.3, -0.25) is 0 Å². The lowest BCUT2D eigenvalue weighted by Gasteiger charge is -2.00. The van der Waals surface area contributed by atoms with E-state index in [2.05, 4.69) is 45.0 Å². The Kier molecular flexibility index (Phi) is 14.2. The van der Waals surface area contributed by atoms with Crippen LogP contribution in [0, 0.1) is 0 Å². The third kappa shape index (κ3) is 11.4.